The highest BCUT2D eigenvalue weighted by atomic mass is 16.5. The van der Waals surface area contributed by atoms with Crippen LogP contribution >= 0.6 is 0 Å². The molecule has 0 bridgehead atoms. The molecule has 1 amide bonds. The summed E-state index contributed by atoms with van der Waals surface area (Å²) in [4.78, 5) is 24.9. The average Bonchev–Trinajstić information content (AvgIpc) is 2.70. The maximum Gasteiger partial charge on any atom is 0.329 e. The number of carbonyl (C=O) groups excluding carboxylic acids is 2. The van der Waals surface area contributed by atoms with Crippen LogP contribution in [0.1, 0.15) is 35.3 Å². The van der Waals surface area contributed by atoms with E-state index in [-0.39, 0.29) is 18.4 Å². The fraction of sp³-hybridized carbons (Fsp3) is 0.286. The van der Waals surface area contributed by atoms with Crippen LogP contribution in [0.2, 0.25) is 0 Å². The van der Waals surface area contributed by atoms with Crippen molar-refractivity contribution in [3.63, 3.8) is 0 Å². The molecule has 0 saturated heterocycles. The maximum atomic E-state index is 12.5. The first-order valence-electron chi connectivity index (χ1n) is 8.55. The normalized spacial score (nSPS) is 11.4. The van der Waals surface area contributed by atoms with Crippen LogP contribution in [0.15, 0.2) is 48.5 Å². The second-order valence-corrected chi connectivity index (χ2v) is 6.30. The van der Waals surface area contributed by atoms with Crippen molar-refractivity contribution in [2.24, 2.45) is 5.92 Å². The second-order valence-electron chi connectivity index (χ2n) is 6.30. The van der Waals surface area contributed by atoms with Crippen LogP contribution in [0.25, 0.3) is 0 Å². The van der Waals surface area contributed by atoms with E-state index < -0.39 is 12.0 Å². The van der Waals surface area contributed by atoms with Gasteiger partial charge in [-0.05, 0) is 36.2 Å². The first kappa shape index (κ1) is 20.0. The number of esters is 1. The summed E-state index contributed by atoms with van der Waals surface area (Å²) in [6.45, 7) is 3.62. The molecule has 2 aromatic carbocycles. The van der Waals surface area contributed by atoms with Gasteiger partial charge in [-0.1, -0.05) is 32.0 Å². The third kappa shape index (κ3) is 5.32. The first-order chi connectivity index (χ1) is 13.0. The Morgan fingerprint density at radius 1 is 1.11 bits per heavy atom. The first-order valence-corrected chi connectivity index (χ1v) is 8.55. The van der Waals surface area contributed by atoms with Gasteiger partial charge in [0.15, 0.2) is 0 Å². The van der Waals surface area contributed by atoms with Crippen molar-refractivity contribution in [3.05, 3.63) is 65.2 Å². The molecule has 0 unspecified atom stereocenters. The highest BCUT2D eigenvalue weighted by molar-refractivity contribution is 5.96. The lowest BCUT2D eigenvalue weighted by molar-refractivity contribution is -0.148. The summed E-state index contributed by atoms with van der Waals surface area (Å²) in [6, 6.07) is 14.8. The number of hydrogen-bond acceptors (Lipinski definition) is 5. The summed E-state index contributed by atoms with van der Waals surface area (Å²) in [5, 5.41) is 11.8. The fourth-order valence-electron chi connectivity index (χ4n) is 2.46. The molecular weight excluding hydrogens is 344 g/mol. The van der Waals surface area contributed by atoms with E-state index in [4.69, 9.17) is 14.7 Å². The molecule has 6 heteroatoms. The van der Waals surface area contributed by atoms with Gasteiger partial charge in [-0.25, -0.2) is 4.79 Å². The molecule has 6 nitrogen and oxygen atoms in total. The fourth-order valence-corrected chi connectivity index (χ4v) is 2.46. The van der Waals surface area contributed by atoms with Gasteiger partial charge in [0.1, 0.15) is 18.4 Å². The van der Waals surface area contributed by atoms with E-state index in [9.17, 15) is 9.59 Å². The molecule has 0 aromatic heterocycles. The van der Waals surface area contributed by atoms with Crippen LogP contribution in [0, 0.1) is 17.2 Å². The number of nitriles is 1. The van der Waals surface area contributed by atoms with Crippen molar-refractivity contribution in [2.75, 3.05) is 7.11 Å². The minimum absolute atomic E-state index is 0.0236. The minimum atomic E-state index is -0.797. The predicted molar refractivity (Wildman–Crippen MR) is 100 cm³/mol. The largest absolute Gasteiger partial charge is 0.497 e. The third-order valence-corrected chi connectivity index (χ3v) is 4.07. The van der Waals surface area contributed by atoms with Crippen LogP contribution in [0.3, 0.4) is 0 Å². The smallest absolute Gasteiger partial charge is 0.329 e. The van der Waals surface area contributed by atoms with Gasteiger partial charge < -0.3 is 14.8 Å². The van der Waals surface area contributed by atoms with E-state index in [1.54, 1.807) is 55.6 Å². The second kappa shape index (κ2) is 9.39. The van der Waals surface area contributed by atoms with Crippen LogP contribution in [-0.2, 0) is 16.1 Å². The van der Waals surface area contributed by atoms with Gasteiger partial charge in [-0.2, -0.15) is 5.26 Å². The zero-order chi connectivity index (χ0) is 19.8. The monoisotopic (exact) mass is 366 g/mol. The van der Waals surface area contributed by atoms with Gasteiger partial charge in [0.2, 0.25) is 0 Å². The Hall–Kier alpha value is -3.33. The minimum Gasteiger partial charge on any atom is -0.497 e. The number of nitrogens with zero attached hydrogens (tertiary/aromatic N) is 1. The maximum absolute atomic E-state index is 12.5. The number of ether oxygens (including phenoxy) is 2. The molecule has 140 valence electrons. The van der Waals surface area contributed by atoms with Crippen LogP contribution in [0.4, 0.5) is 0 Å². The zero-order valence-electron chi connectivity index (χ0n) is 15.6. The lowest BCUT2D eigenvalue weighted by Crippen LogP contribution is -2.45. The molecule has 0 radical (unpaired) electrons. The standard InChI is InChI=1S/C21H22N2O4/c1-14(2)19(23-20(24)15-8-10-18(26-3)11-9-15)21(25)27-13-17-7-5-4-6-16(17)12-22/h4-11,14,19H,13H2,1-3H3,(H,23,24)/t19-/m0/s1. The number of methoxy groups -OCH3 is 1. The summed E-state index contributed by atoms with van der Waals surface area (Å²) < 4.78 is 10.4. The number of hydrogen-bond donors (Lipinski definition) is 1. The van der Waals surface area contributed by atoms with Gasteiger partial charge >= 0.3 is 5.97 Å². The third-order valence-electron chi connectivity index (χ3n) is 4.07. The Morgan fingerprint density at radius 3 is 2.37 bits per heavy atom. The number of rotatable bonds is 7. The number of benzene rings is 2. The molecule has 0 spiro atoms. The van der Waals surface area contributed by atoms with E-state index in [1.165, 1.54) is 0 Å². The van der Waals surface area contributed by atoms with E-state index in [0.717, 1.165) is 0 Å². The SMILES string of the molecule is COc1ccc(C(=O)N[C@H](C(=O)OCc2ccccc2C#N)C(C)C)cc1. The Balaban J connectivity index is 2.04. The van der Waals surface area contributed by atoms with Crippen LogP contribution in [0.5, 0.6) is 5.75 Å². The molecule has 2 rings (SSSR count). The van der Waals surface area contributed by atoms with Gasteiger partial charge in [-0.3, -0.25) is 4.79 Å². The van der Waals surface area contributed by atoms with E-state index in [1.807, 2.05) is 13.8 Å². The quantitative estimate of drug-likeness (QED) is 0.761. The van der Waals surface area contributed by atoms with E-state index in [0.29, 0.717) is 22.4 Å². The van der Waals surface area contributed by atoms with Crippen molar-refractivity contribution >= 4 is 11.9 Å². The van der Waals surface area contributed by atoms with Gasteiger partial charge in [-0.15, -0.1) is 0 Å². The number of nitrogens with one attached hydrogen (secondary N) is 1. The molecule has 0 fully saturated rings. The summed E-state index contributed by atoms with van der Waals surface area (Å²) in [5.74, 6) is -0.432. The summed E-state index contributed by atoms with van der Waals surface area (Å²) in [6.07, 6.45) is 0. The van der Waals surface area contributed by atoms with E-state index in [2.05, 4.69) is 11.4 Å². The van der Waals surface area contributed by atoms with Crippen molar-refractivity contribution in [1.29, 1.82) is 5.26 Å². The van der Waals surface area contributed by atoms with Crippen LogP contribution < -0.4 is 10.1 Å². The Labute approximate surface area is 158 Å². The lowest BCUT2D eigenvalue weighted by Gasteiger charge is -2.21. The van der Waals surface area contributed by atoms with Gasteiger partial charge in [0.05, 0.1) is 18.7 Å². The van der Waals surface area contributed by atoms with E-state index >= 15 is 0 Å². The molecular formula is C21H22N2O4. The van der Waals surface area contributed by atoms with Crippen molar-refractivity contribution in [3.8, 4) is 11.8 Å². The lowest BCUT2D eigenvalue weighted by atomic mass is 10.0. The summed E-state index contributed by atoms with van der Waals surface area (Å²) in [5.41, 5.74) is 1.50. The highest BCUT2D eigenvalue weighted by Crippen LogP contribution is 2.14. The van der Waals surface area contributed by atoms with Crippen LogP contribution in [-0.4, -0.2) is 25.0 Å². The van der Waals surface area contributed by atoms with Gasteiger partial charge in [0.25, 0.3) is 5.91 Å². The topological polar surface area (TPSA) is 88.4 Å². The molecule has 0 heterocycles. The number of amides is 1. The molecule has 0 aliphatic carbocycles. The summed E-state index contributed by atoms with van der Waals surface area (Å²) in [7, 11) is 1.55. The molecule has 27 heavy (non-hydrogen) atoms. The highest BCUT2D eigenvalue weighted by Gasteiger charge is 2.26. The Bertz CT molecular complexity index is 838. The Morgan fingerprint density at radius 2 is 1.78 bits per heavy atom. The van der Waals surface area contributed by atoms with Crippen molar-refractivity contribution < 1.29 is 19.1 Å². The number of carbonyl (C=O) groups is 2. The zero-order valence-corrected chi connectivity index (χ0v) is 15.6. The molecule has 0 saturated carbocycles. The molecule has 0 aliphatic rings. The molecule has 1 N–H and O–H groups in total. The van der Waals surface area contributed by atoms with Gasteiger partial charge in [0, 0.05) is 11.1 Å². The van der Waals surface area contributed by atoms with Crippen molar-refractivity contribution in [2.45, 2.75) is 26.5 Å². The Kier molecular flexibility index (Phi) is 6.95. The molecule has 1 atom stereocenters. The molecule has 2 aromatic rings. The molecule has 0 aliphatic heterocycles. The summed E-state index contributed by atoms with van der Waals surface area (Å²) >= 11 is 0. The van der Waals surface area contributed by atoms with Crippen molar-refractivity contribution in [1.82, 2.24) is 5.32 Å². The predicted octanol–water partition coefficient (Wildman–Crippen LogP) is 3.06. The average molecular weight is 366 g/mol.